The molecular weight excluding hydrogens is 287 g/mol. The van der Waals surface area contributed by atoms with Crippen LogP contribution in [0.2, 0.25) is 0 Å². The van der Waals surface area contributed by atoms with Crippen LogP contribution in [0.25, 0.3) is 0 Å². The Labute approximate surface area is 120 Å². The van der Waals surface area contributed by atoms with E-state index in [4.69, 9.17) is 0 Å². The summed E-state index contributed by atoms with van der Waals surface area (Å²) >= 11 is 0. The van der Waals surface area contributed by atoms with Crippen LogP contribution >= 0.6 is 0 Å². The van der Waals surface area contributed by atoms with Crippen molar-refractivity contribution in [3.8, 4) is 0 Å². The molecule has 1 aliphatic heterocycles. The van der Waals surface area contributed by atoms with Crippen molar-refractivity contribution in [2.45, 2.75) is 24.9 Å². The van der Waals surface area contributed by atoms with Gasteiger partial charge >= 0.3 is 6.03 Å². The van der Waals surface area contributed by atoms with Crippen LogP contribution in [-0.2, 0) is 4.74 Å². The van der Waals surface area contributed by atoms with Crippen molar-refractivity contribution in [3.05, 3.63) is 29.8 Å². The molecule has 0 aliphatic carbocycles. The van der Waals surface area contributed by atoms with Crippen LogP contribution in [0.1, 0.15) is 18.5 Å². The third-order valence-corrected chi connectivity index (χ3v) is 3.54. The van der Waals surface area contributed by atoms with Gasteiger partial charge < -0.3 is 15.0 Å². The Bertz CT molecular complexity index is 527. The van der Waals surface area contributed by atoms with Gasteiger partial charge in [-0.05, 0) is 13.0 Å². The molecule has 2 rings (SSSR count). The summed E-state index contributed by atoms with van der Waals surface area (Å²) in [6, 6.07) is -1.27. The summed E-state index contributed by atoms with van der Waals surface area (Å²) in [6.07, 6.45) is 2.44. The molecule has 21 heavy (non-hydrogen) atoms. The number of pyridine rings is 1. The molecule has 1 aliphatic rings. The van der Waals surface area contributed by atoms with E-state index in [2.05, 4.69) is 15.0 Å². The van der Waals surface area contributed by atoms with Crippen LogP contribution in [0.4, 0.5) is 18.0 Å². The van der Waals surface area contributed by atoms with E-state index in [0.717, 1.165) is 11.1 Å². The number of ether oxygens (including phenoxy) is 1. The second-order valence-corrected chi connectivity index (χ2v) is 4.96. The fourth-order valence-electron chi connectivity index (χ4n) is 2.04. The fourth-order valence-corrected chi connectivity index (χ4v) is 2.04. The molecule has 0 spiro atoms. The van der Waals surface area contributed by atoms with Crippen molar-refractivity contribution < 1.29 is 22.7 Å². The predicted molar refractivity (Wildman–Crippen MR) is 68.5 cm³/mol. The second-order valence-electron chi connectivity index (χ2n) is 4.96. The highest BCUT2D eigenvalue weighted by molar-refractivity contribution is 5.75. The van der Waals surface area contributed by atoms with Crippen molar-refractivity contribution in [3.63, 3.8) is 0 Å². The Morgan fingerprint density at radius 2 is 2.33 bits per heavy atom. The van der Waals surface area contributed by atoms with E-state index < -0.39 is 36.5 Å². The number of urea groups is 1. The minimum atomic E-state index is -3.10. The summed E-state index contributed by atoms with van der Waals surface area (Å²) in [7, 11) is 1.41. The summed E-state index contributed by atoms with van der Waals surface area (Å²) in [5.41, 5.74) is 0.261. The summed E-state index contributed by atoms with van der Waals surface area (Å²) in [6.45, 7) is 0.641. The van der Waals surface area contributed by atoms with Crippen LogP contribution < -0.4 is 5.32 Å². The first-order chi connectivity index (χ1) is 9.83. The lowest BCUT2D eigenvalue weighted by Gasteiger charge is -2.28. The standard InChI is InChI=1S/C13H16F3N3O2/c1-8(9-3-4-17-5-10(9)14)19(2)12(20)18-11-6-21-7-13(11,15)16/h3-5,8,11H,6-7H2,1-2H3,(H,18,20)/t8-,11-/m0/s1. The topological polar surface area (TPSA) is 54.5 Å². The zero-order valence-corrected chi connectivity index (χ0v) is 11.6. The SMILES string of the molecule is C[C@@H](c1ccncc1F)N(C)C(=O)N[C@H]1COCC1(F)F. The van der Waals surface area contributed by atoms with Crippen LogP contribution in [0.5, 0.6) is 0 Å². The molecule has 0 saturated carbocycles. The van der Waals surface area contributed by atoms with Crippen molar-refractivity contribution in [1.29, 1.82) is 0 Å². The van der Waals surface area contributed by atoms with E-state index >= 15 is 0 Å². The Morgan fingerprint density at radius 1 is 1.62 bits per heavy atom. The Morgan fingerprint density at radius 3 is 2.90 bits per heavy atom. The molecule has 116 valence electrons. The van der Waals surface area contributed by atoms with Gasteiger partial charge in [0, 0.05) is 18.8 Å². The molecule has 0 radical (unpaired) electrons. The fraction of sp³-hybridized carbons (Fsp3) is 0.538. The van der Waals surface area contributed by atoms with Gasteiger partial charge in [0.1, 0.15) is 18.5 Å². The third-order valence-electron chi connectivity index (χ3n) is 3.54. The lowest BCUT2D eigenvalue weighted by atomic mass is 10.1. The van der Waals surface area contributed by atoms with Crippen molar-refractivity contribution in [2.75, 3.05) is 20.3 Å². The molecular formula is C13H16F3N3O2. The van der Waals surface area contributed by atoms with Gasteiger partial charge in [-0.25, -0.2) is 18.0 Å². The summed E-state index contributed by atoms with van der Waals surface area (Å²) in [5, 5.41) is 2.21. The summed E-state index contributed by atoms with van der Waals surface area (Å²) in [5.74, 6) is -3.65. The molecule has 2 amide bonds. The van der Waals surface area contributed by atoms with E-state index in [1.807, 2.05) is 0 Å². The quantitative estimate of drug-likeness (QED) is 0.928. The van der Waals surface area contributed by atoms with E-state index in [1.54, 1.807) is 6.92 Å². The first-order valence-corrected chi connectivity index (χ1v) is 6.41. The van der Waals surface area contributed by atoms with E-state index in [-0.39, 0.29) is 12.2 Å². The number of hydrogen-bond donors (Lipinski definition) is 1. The molecule has 0 aromatic carbocycles. The molecule has 1 fully saturated rings. The maximum absolute atomic E-state index is 13.6. The molecule has 5 nitrogen and oxygen atoms in total. The zero-order chi connectivity index (χ0) is 15.6. The van der Waals surface area contributed by atoms with Gasteiger partial charge in [0.25, 0.3) is 5.92 Å². The van der Waals surface area contributed by atoms with Crippen LogP contribution in [0.15, 0.2) is 18.5 Å². The highest BCUT2D eigenvalue weighted by Gasteiger charge is 2.46. The first-order valence-electron chi connectivity index (χ1n) is 6.41. The number of carbonyl (C=O) groups is 1. The molecule has 2 heterocycles. The largest absolute Gasteiger partial charge is 0.373 e. The van der Waals surface area contributed by atoms with Gasteiger partial charge in [-0.2, -0.15) is 0 Å². The summed E-state index contributed by atoms with van der Waals surface area (Å²) < 4.78 is 45.1. The number of halogens is 3. The number of carbonyl (C=O) groups excluding carboxylic acids is 1. The van der Waals surface area contributed by atoms with Gasteiger partial charge in [0.15, 0.2) is 0 Å². The van der Waals surface area contributed by atoms with E-state index in [0.29, 0.717) is 0 Å². The van der Waals surface area contributed by atoms with Gasteiger partial charge in [0.05, 0.1) is 18.8 Å². The number of nitrogens with one attached hydrogen (secondary N) is 1. The second kappa shape index (κ2) is 5.88. The molecule has 2 atom stereocenters. The predicted octanol–water partition coefficient (Wildman–Crippen LogP) is 1.96. The normalized spacial score (nSPS) is 21.9. The summed E-state index contributed by atoms with van der Waals surface area (Å²) in [4.78, 5) is 16.8. The van der Waals surface area contributed by atoms with Gasteiger partial charge in [-0.15, -0.1) is 0 Å². The highest BCUT2D eigenvalue weighted by Crippen LogP contribution is 2.26. The smallest absolute Gasteiger partial charge is 0.318 e. The van der Waals surface area contributed by atoms with E-state index in [1.165, 1.54) is 19.3 Å². The highest BCUT2D eigenvalue weighted by atomic mass is 19.3. The number of rotatable bonds is 3. The number of alkyl halides is 2. The average molecular weight is 303 g/mol. The Balaban J connectivity index is 2.04. The lowest BCUT2D eigenvalue weighted by molar-refractivity contribution is -0.0223. The van der Waals surface area contributed by atoms with Gasteiger partial charge in [0.2, 0.25) is 0 Å². The van der Waals surface area contributed by atoms with Crippen LogP contribution in [0.3, 0.4) is 0 Å². The average Bonchev–Trinajstić information content (AvgIpc) is 2.77. The molecule has 0 bridgehead atoms. The lowest BCUT2D eigenvalue weighted by Crippen LogP contribution is -2.51. The first kappa shape index (κ1) is 15.6. The molecule has 1 N–H and O–H groups in total. The van der Waals surface area contributed by atoms with Crippen LogP contribution in [-0.4, -0.2) is 48.1 Å². The molecule has 1 saturated heterocycles. The monoisotopic (exact) mass is 303 g/mol. The minimum absolute atomic E-state index is 0.245. The molecule has 0 unspecified atom stereocenters. The maximum Gasteiger partial charge on any atom is 0.318 e. The van der Waals surface area contributed by atoms with E-state index in [9.17, 15) is 18.0 Å². The van der Waals surface area contributed by atoms with Gasteiger partial charge in [-0.1, -0.05) is 0 Å². The number of amides is 2. The van der Waals surface area contributed by atoms with Crippen molar-refractivity contribution >= 4 is 6.03 Å². The maximum atomic E-state index is 13.6. The number of nitrogens with zero attached hydrogens (tertiary/aromatic N) is 2. The van der Waals surface area contributed by atoms with Crippen molar-refractivity contribution in [1.82, 2.24) is 15.2 Å². The molecule has 1 aromatic heterocycles. The Hall–Kier alpha value is -1.83. The number of aromatic nitrogens is 1. The van der Waals surface area contributed by atoms with Gasteiger partial charge in [-0.3, -0.25) is 4.98 Å². The van der Waals surface area contributed by atoms with Crippen molar-refractivity contribution in [2.24, 2.45) is 0 Å². The Kier molecular flexibility index (Phi) is 4.36. The number of hydrogen-bond acceptors (Lipinski definition) is 3. The molecule has 8 heteroatoms. The molecule has 1 aromatic rings. The van der Waals surface area contributed by atoms with Crippen LogP contribution in [0, 0.1) is 5.82 Å². The zero-order valence-electron chi connectivity index (χ0n) is 11.6. The third kappa shape index (κ3) is 3.26. The minimum Gasteiger partial charge on any atom is -0.373 e.